The normalized spacial score (nSPS) is 27.9. The largest absolute Gasteiger partial charge is 0.449 e. The van der Waals surface area contributed by atoms with Gasteiger partial charge in [0.25, 0.3) is 0 Å². The number of piperidine rings is 1. The van der Waals surface area contributed by atoms with E-state index in [0.717, 1.165) is 42.6 Å². The third-order valence-electron chi connectivity index (χ3n) is 3.60. The Kier molecular flexibility index (Phi) is 2.04. The van der Waals surface area contributed by atoms with Crippen molar-refractivity contribution >= 4 is 5.97 Å². The molecule has 1 unspecified atom stereocenters. The number of aryl methyl sites for hydroxylation is 1. The highest BCUT2D eigenvalue weighted by Gasteiger charge is 2.46. The number of carbonyl (C=O) groups excluding carboxylic acids is 1. The van der Waals surface area contributed by atoms with Crippen LogP contribution in [-0.4, -0.2) is 19.1 Å². The predicted molar refractivity (Wildman–Crippen MR) is 60.4 cm³/mol. The Bertz CT molecular complexity index is 447. The highest BCUT2D eigenvalue weighted by Crippen LogP contribution is 2.41. The number of ether oxygens (including phenoxy) is 1. The van der Waals surface area contributed by atoms with Gasteiger partial charge in [0.15, 0.2) is 5.60 Å². The van der Waals surface area contributed by atoms with Crippen LogP contribution in [0.4, 0.5) is 0 Å². The van der Waals surface area contributed by atoms with Gasteiger partial charge in [-0.2, -0.15) is 0 Å². The summed E-state index contributed by atoms with van der Waals surface area (Å²) in [6.07, 6.45) is 1.99. The van der Waals surface area contributed by atoms with Gasteiger partial charge in [-0.05, 0) is 31.9 Å². The maximum Gasteiger partial charge on any atom is 0.339 e. The molecule has 1 spiro atoms. The summed E-state index contributed by atoms with van der Waals surface area (Å²) < 4.78 is 5.64. The first-order valence-corrected chi connectivity index (χ1v) is 5.77. The number of hydrogen-bond donors (Lipinski definition) is 1. The van der Waals surface area contributed by atoms with E-state index in [2.05, 4.69) is 5.32 Å². The van der Waals surface area contributed by atoms with Gasteiger partial charge in [0.1, 0.15) is 0 Å². The molecule has 1 atom stereocenters. The summed E-state index contributed by atoms with van der Waals surface area (Å²) in [4.78, 5) is 11.9. The van der Waals surface area contributed by atoms with Crippen molar-refractivity contribution in [3.63, 3.8) is 0 Å². The van der Waals surface area contributed by atoms with Crippen molar-refractivity contribution < 1.29 is 9.53 Å². The summed E-state index contributed by atoms with van der Waals surface area (Å²) in [5.41, 5.74) is 2.48. The van der Waals surface area contributed by atoms with E-state index in [4.69, 9.17) is 4.74 Å². The van der Waals surface area contributed by atoms with E-state index in [0.29, 0.717) is 0 Å². The van der Waals surface area contributed by atoms with E-state index < -0.39 is 5.60 Å². The van der Waals surface area contributed by atoms with Crippen LogP contribution in [-0.2, 0) is 10.3 Å². The van der Waals surface area contributed by atoms with Gasteiger partial charge in [-0.3, -0.25) is 0 Å². The molecule has 0 amide bonds. The number of esters is 1. The van der Waals surface area contributed by atoms with Crippen LogP contribution in [0.25, 0.3) is 0 Å². The second kappa shape index (κ2) is 3.32. The maximum atomic E-state index is 11.9. The minimum absolute atomic E-state index is 0.156. The molecule has 2 aliphatic heterocycles. The molecule has 3 rings (SSSR count). The van der Waals surface area contributed by atoms with Gasteiger partial charge in [-0.1, -0.05) is 18.2 Å². The Hall–Kier alpha value is -1.35. The Balaban J connectivity index is 2.14. The fourth-order valence-corrected chi connectivity index (χ4v) is 2.80. The van der Waals surface area contributed by atoms with Crippen molar-refractivity contribution in [1.82, 2.24) is 5.32 Å². The number of benzene rings is 1. The minimum atomic E-state index is -0.392. The van der Waals surface area contributed by atoms with E-state index in [1.165, 1.54) is 0 Å². The van der Waals surface area contributed by atoms with Crippen LogP contribution < -0.4 is 5.32 Å². The van der Waals surface area contributed by atoms with Gasteiger partial charge in [0.2, 0.25) is 0 Å². The van der Waals surface area contributed by atoms with Crippen LogP contribution in [0.2, 0.25) is 0 Å². The fourth-order valence-electron chi connectivity index (χ4n) is 2.80. The molecule has 1 fully saturated rings. The third-order valence-corrected chi connectivity index (χ3v) is 3.60. The van der Waals surface area contributed by atoms with Crippen molar-refractivity contribution in [2.24, 2.45) is 0 Å². The third kappa shape index (κ3) is 1.21. The second-order valence-corrected chi connectivity index (χ2v) is 4.66. The molecule has 0 radical (unpaired) electrons. The molecular weight excluding hydrogens is 202 g/mol. The summed E-state index contributed by atoms with van der Waals surface area (Å²) in [6, 6.07) is 6.00. The molecule has 1 N–H and O–H groups in total. The van der Waals surface area contributed by atoms with E-state index in [1.807, 2.05) is 25.1 Å². The molecule has 3 heteroatoms. The molecule has 0 aromatic heterocycles. The summed E-state index contributed by atoms with van der Waals surface area (Å²) in [6.45, 7) is 3.73. The van der Waals surface area contributed by atoms with Crippen LogP contribution in [0.5, 0.6) is 0 Å². The van der Waals surface area contributed by atoms with Gasteiger partial charge >= 0.3 is 5.97 Å². The first-order chi connectivity index (χ1) is 7.73. The lowest BCUT2D eigenvalue weighted by molar-refractivity contribution is -0.0203. The van der Waals surface area contributed by atoms with Crippen LogP contribution >= 0.6 is 0 Å². The molecule has 0 aliphatic carbocycles. The highest BCUT2D eigenvalue weighted by atomic mass is 16.6. The lowest BCUT2D eigenvalue weighted by Gasteiger charge is -2.33. The molecule has 1 saturated heterocycles. The second-order valence-electron chi connectivity index (χ2n) is 4.66. The molecular formula is C13H15NO2. The maximum absolute atomic E-state index is 11.9. The lowest BCUT2D eigenvalue weighted by atomic mass is 9.85. The smallest absolute Gasteiger partial charge is 0.339 e. The van der Waals surface area contributed by atoms with Gasteiger partial charge < -0.3 is 10.1 Å². The summed E-state index contributed by atoms with van der Waals surface area (Å²) in [5, 5.41) is 3.32. The highest BCUT2D eigenvalue weighted by molar-refractivity contribution is 5.96. The zero-order valence-corrected chi connectivity index (χ0v) is 9.38. The molecule has 84 valence electrons. The average Bonchev–Trinajstić information content (AvgIpc) is 2.55. The zero-order chi connectivity index (χ0) is 11.2. The number of fused-ring (bicyclic) bond motifs is 2. The minimum Gasteiger partial charge on any atom is -0.449 e. The summed E-state index contributed by atoms with van der Waals surface area (Å²) in [5.74, 6) is -0.156. The van der Waals surface area contributed by atoms with Gasteiger partial charge in [-0.25, -0.2) is 4.79 Å². The molecule has 0 saturated carbocycles. The molecule has 3 nitrogen and oxygen atoms in total. The van der Waals surface area contributed by atoms with Crippen LogP contribution in [0.15, 0.2) is 18.2 Å². The SMILES string of the molecule is Cc1cccc2c1C(=O)OC21CCCNC1. The number of nitrogens with one attached hydrogen (secondary N) is 1. The van der Waals surface area contributed by atoms with Crippen molar-refractivity contribution in [2.45, 2.75) is 25.4 Å². The zero-order valence-electron chi connectivity index (χ0n) is 9.38. The quantitative estimate of drug-likeness (QED) is 0.673. The summed E-state index contributed by atoms with van der Waals surface area (Å²) >= 11 is 0. The topological polar surface area (TPSA) is 38.3 Å². The van der Waals surface area contributed by atoms with Crippen LogP contribution in [0, 0.1) is 6.92 Å². The molecule has 2 aliphatic rings. The average molecular weight is 217 g/mol. The first-order valence-electron chi connectivity index (χ1n) is 5.77. The number of carbonyl (C=O) groups is 1. The van der Waals surface area contributed by atoms with Gasteiger partial charge in [-0.15, -0.1) is 0 Å². The number of hydrogen-bond acceptors (Lipinski definition) is 3. The molecule has 1 aromatic carbocycles. The van der Waals surface area contributed by atoms with E-state index in [9.17, 15) is 4.79 Å². The van der Waals surface area contributed by atoms with Crippen molar-refractivity contribution in [3.8, 4) is 0 Å². The lowest BCUT2D eigenvalue weighted by Crippen LogP contribution is -2.43. The first kappa shape index (κ1) is 9.85. The van der Waals surface area contributed by atoms with Crippen molar-refractivity contribution in [1.29, 1.82) is 0 Å². The molecule has 1 aromatic rings. The van der Waals surface area contributed by atoms with Crippen molar-refractivity contribution in [3.05, 3.63) is 34.9 Å². The fraction of sp³-hybridized carbons (Fsp3) is 0.462. The Labute approximate surface area is 94.8 Å². The number of rotatable bonds is 0. The van der Waals surface area contributed by atoms with E-state index in [1.54, 1.807) is 0 Å². The predicted octanol–water partition coefficient (Wildman–Crippen LogP) is 1.74. The Morgan fingerprint density at radius 2 is 2.31 bits per heavy atom. The Morgan fingerprint density at radius 1 is 1.44 bits per heavy atom. The summed E-state index contributed by atoms with van der Waals surface area (Å²) in [7, 11) is 0. The molecule has 0 bridgehead atoms. The standard InChI is InChI=1S/C13H15NO2/c1-9-4-2-5-10-11(9)12(15)16-13(10)6-3-7-14-8-13/h2,4-5,14H,3,6-8H2,1H3. The van der Waals surface area contributed by atoms with Crippen molar-refractivity contribution in [2.75, 3.05) is 13.1 Å². The van der Waals surface area contributed by atoms with Crippen LogP contribution in [0.1, 0.15) is 34.3 Å². The monoisotopic (exact) mass is 217 g/mol. The Morgan fingerprint density at radius 3 is 3.06 bits per heavy atom. The van der Waals surface area contributed by atoms with E-state index in [-0.39, 0.29) is 5.97 Å². The van der Waals surface area contributed by atoms with Crippen LogP contribution in [0.3, 0.4) is 0 Å². The van der Waals surface area contributed by atoms with Gasteiger partial charge in [0, 0.05) is 12.1 Å². The molecule has 16 heavy (non-hydrogen) atoms. The van der Waals surface area contributed by atoms with Gasteiger partial charge in [0.05, 0.1) is 5.56 Å². The molecule has 2 heterocycles. The van der Waals surface area contributed by atoms with E-state index >= 15 is 0 Å².